The van der Waals surface area contributed by atoms with Crippen LogP contribution in [0.5, 0.6) is 0 Å². The molecule has 2 nitrogen and oxygen atoms in total. The molecular formula is C20H25NO. The third-order valence-electron chi connectivity index (χ3n) is 3.57. The Balaban J connectivity index is 2.05. The zero-order valence-corrected chi connectivity index (χ0v) is 13.7. The van der Waals surface area contributed by atoms with Crippen LogP contribution in [0.25, 0.3) is 0 Å². The van der Waals surface area contributed by atoms with E-state index in [1.54, 1.807) is 0 Å². The van der Waals surface area contributed by atoms with E-state index in [0.29, 0.717) is 6.54 Å². The van der Waals surface area contributed by atoms with Gasteiger partial charge in [-0.15, -0.1) is 0 Å². The van der Waals surface area contributed by atoms with Crippen molar-refractivity contribution in [2.24, 2.45) is 5.41 Å². The highest BCUT2D eigenvalue weighted by molar-refractivity contribution is 5.95. The average Bonchev–Trinajstić information content (AvgIpc) is 2.51. The van der Waals surface area contributed by atoms with E-state index < -0.39 is 0 Å². The molecule has 2 aromatic carbocycles. The maximum atomic E-state index is 12.4. The molecule has 0 bridgehead atoms. The Hall–Kier alpha value is -2.09. The summed E-state index contributed by atoms with van der Waals surface area (Å²) >= 11 is 0. The van der Waals surface area contributed by atoms with Gasteiger partial charge in [-0.25, -0.2) is 0 Å². The number of carbonyl (C=O) groups excluding carboxylic acids is 1. The highest BCUT2D eigenvalue weighted by atomic mass is 16.1. The monoisotopic (exact) mass is 295 g/mol. The van der Waals surface area contributed by atoms with Crippen molar-refractivity contribution in [3.05, 3.63) is 71.3 Å². The lowest BCUT2D eigenvalue weighted by Gasteiger charge is -2.19. The van der Waals surface area contributed by atoms with Crippen molar-refractivity contribution in [3.63, 3.8) is 0 Å². The molecule has 1 amide bonds. The molecule has 0 saturated carbocycles. The Morgan fingerprint density at radius 2 is 1.55 bits per heavy atom. The highest BCUT2D eigenvalue weighted by Gasteiger charge is 2.15. The Labute approximate surface area is 133 Å². The van der Waals surface area contributed by atoms with Gasteiger partial charge in [0.1, 0.15) is 0 Å². The molecule has 0 aliphatic rings. The van der Waals surface area contributed by atoms with Gasteiger partial charge in [-0.3, -0.25) is 4.79 Å². The second kappa shape index (κ2) is 7.26. The molecule has 22 heavy (non-hydrogen) atoms. The molecular weight excluding hydrogens is 270 g/mol. The number of aryl methyl sites for hydroxylation is 2. The number of hydrogen-bond donors (Lipinski definition) is 1. The molecule has 0 spiro atoms. The minimum Gasteiger partial charge on any atom is -0.352 e. The van der Waals surface area contributed by atoms with Crippen LogP contribution in [0.15, 0.2) is 54.6 Å². The molecule has 2 heteroatoms. The summed E-state index contributed by atoms with van der Waals surface area (Å²) in [6, 6.07) is 18.3. The molecule has 2 aromatic rings. The van der Waals surface area contributed by atoms with E-state index in [1.165, 1.54) is 5.56 Å². The van der Waals surface area contributed by atoms with Gasteiger partial charge in [0.25, 0.3) is 5.91 Å². The summed E-state index contributed by atoms with van der Waals surface area (Å²) in [5.41, 5.74) is 3.29. The third kappa shape index (κ3) is 5.03. The van der Waals surface area contributed by atoms with Gasteiger partial charge in [-0.05, 0) is 35.4 Å². The maximum Gasteiger partial charge on any atom is 0.251 e. The van der Waals surface area contributed by atoms with Crippen LogP contribution in [0.3, 0.4) is 0 Å². The lowest BCUT2D eigenvalue weighted by molar-refractivity contribution is 0.0938. The van der Waals surface area contributed by atoms with Crippen molar-refractivity contribution >= 4 is 5.91 Å². The molecule has 0 heterocycles. The van der Waals surface area contributed by atoms with E-state index in [9.17, 15) is 4.79 Å². The molecule has 0 saturated heterocycles. The number of nitrogens with one attached hydrogen (secondary N) is 1. The quantitative estimate of drug-likeness (QED) is 0.878. The molecule has 0 aromatic heterocycles. The summed E-state index contributed by atoms with van der Waals surface area (Å²) in [5.74, 6) is 0.0265. The van der Waals surface area contributed by atoms with Gasteiger partial charge in [0.15, 0.2) is 0 Å². The molecule has 2 rings (SSSR count). The first-order valence-electron chi connectivity index (χ1n) is 7.86. The van der Waals surface area contributed by atoms with E-state index >= 15 is 0 Å². The first-order chi connectivity index (χ1) is 10.5. The van der Waals surface area contributed by atoms with E-state index in [0.717, 1.165) is 24.0 Å². The Morgan fingerprint density at radius 3 is 2.23 bits per heavy atom. The van der Waals surface area contributed by atoms with Crippen molar-refractivity contribution in [2.75, 3.05) is 6.54 Å². The van der Waals surface area contributed by atoms with Crippen molar-refractivity contribution in [1.82, 2.24) is 5.32 Å². The van der Waals surface area contributed by atoms with Crippen LogP contribution < -0.4 is 5.32 Å². The SMILES string of the molecule is CC(C)(C)CNC(=O)c1ccccc1CCc1ccccc1. The van der Waals surface area contributed by atoms with Gasteiger partial charge in [-0.2, -0.15) is 0 Å². The van der Waals surface area contributed by atoms with Gasteiger partial charge in [0, 0.05) is 12.1 Å². The van der Waals surface area contributed by atoms with Crippen molar-refractivity contribution in [1.29, 1.82) is 0 Å². The second-order valence-electron chi connectivity index (χ2n) is 6.89. The Bertz CT molecular complexity index is 611. The van der Waals surface area contributed by atoms with E-state index in [4.69, 9.17) is 0 Å². The number of amides is 1. The minimum absolute atomic E-state index is 0.0265. The third-order valence-corrected chi connectivity index (χ3v) is 3.57. The smallest absolute Gasteiger partial charge is 0.251 e. The fourth-order valence-electron chi connectivity index (χ4n) is 2.32. The zero-order chi connectivity index (χ0) is 16.0. The number of rotatable bonds is 5. The first kappa shape index (κ1) is 16.3. The van der Waals surface area contributed by atoms with E-state index in [-0.39, 0.29) is 11.3 Å². The molecule has 0 fully saturated rings. The number of hydrogen-bond acceptors (Lipinski definition) is 1. The van der Waals surface area contributed by atoms with Crippen LogP contribution in [0, 0.1) is 5.41 Å². The molecule has 0 aliphatic heterocycles. The van der Waals surface area contributed by atoms with Gasteiger partial charge in [-0.1, -0.05) is 69.3 Å². The Kier molecular flexibility index (Phi) is 5.37. The molecule has 0 unspecified atom stereocenters. The van der Waals surface area contributed by atoms with E-state index in [1.807, 2.05) is 24.3 Å². The fraction of sp³-hybridized carbons (Fsp3) is 0.350. The Morgan fingerprint density at radius 1 is 0.909 bits per heavy atom. The molecule has 0 aliphatic carbocycles. The fourth-order valence-corrected chi connectivity index (χ4v) is 2.32. The number of benzene rings is 2. The van der Waals surface area contributed by atoms with Crippen LogP contribution in [0.2, 0.25) is 0 Å². The summed E-state index contributed by atoms with van der Waals surface area (Å²) < 4.78 is 0. The molecule has 116 valence electrons. The van der Waals surface area contributed by atoms with Crippen molar-refractivity contribution < 1.29 is 4.79 Å². The molecule has 0 atom stereocenters. The van der Waals surface area contributed by atoms with Gasteiger partial charge >= 0.3 is 0 Å². The highest BCUT2D eigenvalue weighted by Crippen LogP contribution is 2.15. The van der Waals surface area contributed by atoms with Crippen LogP contribution in [-0.2, 0) is 12.8 Å². The normalized spacial score (nSPS) is 11.2. The lowest BCUT2D eigenvalue weighted by Crippen LogP contribution is -2.32. The van der Waals surface area contributed by atoms with Gasteiger partial charge < -0.3 is 5.32 Å². The summed E-state index contributed by atoms with van der Waals surface area (Å²) in [6.45, 7) is 7.04. The first-order valence-corrected chi connectivity index (χ1v) is 7.86. The van der Waals surface area contributed by atoms with Crippen molar-refractivity contribution in [3.8, 4) is 0 Å². The summed E-state index contributed by atoms with van der Waals surface area (Å²) in [6.07, 6.45) is 1.83. The van der Waals surface area contributed by atoms with Crippen LogP contribution >= 0.6 is 0 Å². The average molecular weight is 295 g/mol. The van der Waals surface area contributed by atoms with Crippen LogP contribution in [0.1, 0.15) is 42.3 Å². The minimum atomic E-state index is 0.0265. The lowest BCUT2D eigenvalue weighted by atomic mass is 9.96. The van der Waals surface area contributed by atoms with Crippen molar-refractivity contribution in [2.45, 2.75) is 33.6 Å². The standard InChI is InChI=1S/C20H25NO/c1-20(2,3)15-21-19(22)18-12-8-7-11-17(18)14-13-16-9-5-4-6-10-16/h4-12H,13-15H2,1-3H3,(H,21,22). The maximum absolute atomic E-state index is 12.4. The predicted octanol–water partition coefficient (Wildman–Crippen LogP) is 4.25. The van der Waals surface area contributed by atoms with Gasteiger partial charge in [0.2, 0.25) is 0 Å². The van der Waals surface area contributed by atoms with Gasteiger partial charge in [0.05, 0.1) is 0 Å². The summed E-state index contributed by atoms with van der Waals surface area (Å²) in [7, 11) is 0. The molecule has 1 N–H and O–H groups in total. The summed E-state index contributed by atoms with van der Waals surface area (Å²) in [5, 5.41) is 3.04. The van der Waals surface area contributed by atoms with E-state index in [2.05, 4.69) is 56.4 Å². The topological polar surface area (TPSA) is 29.1 Å². The summed E-state index contributed by atoms with van der Waals surface area (Å²) in [4.78, 5) is 12.4. The number of carbonyl (C=O) groups is 1. The zero-order valence-electron chi connectivity index (χ0n) is 13.7. The largest absolute Gasteiger partial charge is 0.352 e. The second-order valence-corrected chi connectivity index (χ2v) is 6.89. The van der Waals surface area contributed by atoms with Crippen LogP contribution in [-0.4, -0.2) is 12.5 Å². The predicted molar refractivity (Wildman–Crippen MR) is 92.1 cm³/mol. The van der Waals surface area contributed by atoms with Crippen LogP contribution in [0.4, 0.5) is 0 Å². The molecule has 0 radical (unpaired) electrons.